The second-order valence-electron chi connectivity index (χ2n) is 4.74. The van der Waals surface area contributed by atoms with Gasteiger partial charge in [-0.15, -0.1) is 0 Å². The molecule has 0 atom stereocenters. The molecule has 0 bridgehead atoms. The van der Waals surface area contributed by atoms with Crippen LogP contribution >= 0.6 is 27.5 Å². The maximum atomic E-state index is 10.5. The molecule has 0 aliphatic carbocycles. The molecular weight excluding hydrogens is 398 g/mol. The Hall–Kier alpha value is -2.05. The Bertz CT molecular complexity index is 764. The first kappa shape index (κ1) is 18.3. The second kappa shape index (κ2) is 8.70. The van der Waals surface area contributed by atoms with E-state index in [-0.39, 0.29) is 6.61 Å². The third kappa shape index (κ3) is 4.97. The number of benzene rings is 2. The number of ether oxygens (including phenoxy) is 2. The number of nitro groups is 1. The van der Waals surface area contributed by atoms with E-state index in [0.717, 1.165) is 11.8 Å². The molecule has 0 saturated carbocycles. The zero-order chi connectivity index (χ0) is 17.5. The smallest absolute Gasteiger partial charge is 0.235 e. The fourth-order valence-corrected chi connectivity index (χ4v) is 2.76. The third-order valence-corrected chi connectivity index (χ3v) is 4.01. The first-order valence-corrected chi connectivity index (χ1v) is 8.32. The van der Waals surface area contributed by atoms with Crippen LogP contribution in [-0.2, 0) is 6.61 Å². The van der Waals surface area contributed by atoms with Gasteiger partial charge in [-0.1, -0.05) is 29.8 Å². The van der Waals surface area contributed by atoms with Gasteiger partial charge in [-0.2, -0.15) is 0 Å². The van der Waals surface area contributed by atoms with E-state index in [9.17, 15) is 10.1 Å². The highest BCUT2D eigenvalue weighted by molar-refractivity contribution is 9.10. The van der Waals surface area contributed by atoms with E-state index < -0.39 is 4.92 Å². The second-order valence-corrected chi connectivity index (χ2v) is 6.01. The van der Waals surface area contributed by atoms with Crippen molar-refractivity contribution < 1.29 is 14.4 Å². The maximum absolute atomic E-state index is 10.5. The first-order valence-electron chi connectivity index (χ1n) is 7.15. The number of hydrogen-bond donors (Lipinski definition) is 0. The predicted octanol–water partition coefficient (Wildman–Crippen LogP) is 5.33. The third-order valence-electron chi connectivity index (χ3n) is 3.05. The quantitative estimate of drug-likeness (QED) is 0.455. The molecule has 0 saturated heterocycles. The summed E-state index contributed by atoms with van der Waals surface area (Å²) in [7, 11) is 0. The molecular formula is C17H15BrClNO4. The highest BCUT2D eigenvalue weighted by atomic mass is 79.9. The van der Waals surface area contributed by atoms with Crippen LogP contribution in [0.15, 0.2) is 47.1 Å². The minimum atomic E-state index is -0.518. The lowest BCUT2D eigenvalue weighted by Crippen LogP contribution is -2.01. The van der Waals surface area contributed by atoms with Crippen LogP contribution in [0.25, 0.3) is 6.08 Å². The molecule has 0 aliphatic rings. The van der Waals surface area contributed by atoms with Crippen LogP contribution in [0.4, 0.5) is 0 Å². The van der Waals surface area contributed by atoms with Gasteiger partial charge in [-0.3, -0.25) is 10.1 Å². The molecule has 0 heterocycles. The van der Waals surface area contributed by atoms with Crippen molar-refractivity contribution in [2.45, 2.75) is 13.5 Å². The Kier molecular flexibility index (Phi) is 6.63. The molecule has 0 fully saturated rings. The van der Waals surface area contributed by atoms with Crippen molar-refractivity contribution in [3.63, 3.8) is 0 Å². The van der Waals surface area contributed by atoms with Crippen molar-refractivity contribution in [1.82, 2.24) is 0 Å². The van der Waals surface area contributed by atoms with E-state index >= 15 is 0 Å². The van der Waals surface area contributed by atoms with Crippen LogP contribution in [-0.4, -0.2) is 11.5 Å². The molecule has 0 aromatic heterocycles. The Balaban J connectivity index is 2.27. The summed E-state index contributed by atoms with van der Waals surface area (Å²) in [6.07, 6.45) is 2.27. The van der Waals surface area contributed by atoms with E-state index in [1.165, 1.54) is 6.08 Å². The monoisotopic (exact) mass is 411 g/mol. The molecule has 2 aromatic carbocycles. The predicted molar refractivity (Wildman–Crippen MR) is 97.1 cm³/mol. The SMILES string of the molecule is CCOc1cc(/C=C/[N+](=O)[O-])cc(Br)c1OCc1ccccc1Cl. The van der Waals surface area contributed by atoms with E-state index in [0.29, 0.717) is 33.2 Å². The standard InChI is InChI=1S/C17H15BrClNO4/c1-2-23-16-10-12(7-8-20(21)22)9-14(18)17(16)24-11-13-5-3-4-6-15(13)19/h3-10H,2,11H2,1H3/b8-7+. The Morgan fingerprint density at radius 1 is 1.29 bits per heavy atom. The highest BCUT2D eigenvalue weighted by Gasteiger charge is 2.13. The van der Waals surface area contributed by atoms with Crippen molar-refractivity contribution in [3.05, 3.63) is 73.3 Å². The average molecular weight is 413 g/mol. The fourth-order valence-electron chi connectivity index (χ4n) is 2.00. The van der Waals surface area contributed by atoms with Gasteiger partial charge in [0.1, 0.15) is 6.61 Å². The van der Waals surface area contributed by atoms with Gasteiger partial charge in [0.25, 0.3) is 0 Å². The first-order chi connectivity index (χ1) is 11.5. The van der Waals surface area contributed by atoms with Crippen LogP contribution in [0.3, 0.4) is 0 Å². The molecule has 7 heteroatoms. The highest BCUT2D eigenvalue weighted by Crippen LogP contribution is 2.38. The number of halogens is 2. The Morgan fingerprint density at radius 2 is 2.04 bits per heavy atom. The molecule has 0 aliphatic heterocycles. The summed E-state index contributed by atoms with van der Waals surface area (Å²) in [6.45, 7) is 2.57. The van der Waals surface area contributed by atoms with E-state index in [1.54, 1.807) is 18.2 Å². The number of rotatable bonds is 7. The van der Waals surface area contributed by atoms with Crippen molar-refractivity contribution in [3.8, 4) is 11.5 Å². The molecule has 24 heavy (non-hydrogen) atoms. The topological polar surface area (TPSA) is 61.6 Å². The molecule has 0 unspecified atom stereocenters. The van der Waals surface area contributed by atoms with Gasteiger partial charge in [0.15, 0.2) is 11.5 Å². The van der Waals surface area contributed by atoms with Gasteiger partial charge in [0.05, 0.1) is 16.0 Å². The van der Waals surface area contributed by atoms with Crippen LogP contribution in [0.1, 0.15) is 18.1 Å². The largest absolute Gasteiger partial charge is 0.490 e. The molecule has 0 amide bonds. The molecule has 126 valence electrons. The van der Waals surface area contributed by atoms with Crippen molar-refractivity contribution >= 4 is 33.6 Å². The number of hydrogen-bond acceptors (Lipinski definition) is 4. The summed E-state index contributed by atoms with van der Waals surface area (Å²) in [4.78, 5) is 9.95. The summed E-state index contributed by atoms with van der Waals surface area (Å²) in [5, 5.41) is 11.1. The molecule has 0 spiro atoms. The van der Waals surface area contributed by atoms with Crippen LogP contribution in [0.5, 0.6) is 11.5 Å². The maximum Gasteiger partial charge on any atom is 0.235 e. The lowest BCUT2D eigenvalue weighted by Gasteiger charge is -2.15. The van der Waals surface area contributed by atoms with Gasteiger partial charge >= 0.3 is 0 Å². The lowest BCUT2D eigenvalue weighted by molar-refractivity contribution is -0.400. The van der Waals surface area contributed by atoms with E-state index in [4.69, 9.17) is 21.1 Å². The molecule has 0 radical (unpaired) electrons. The van der Waals surface area contributed by atoms with Gasteiger partial charge in [-0.05, 0) is 46.6 Å². The van der Waals surface area contributed by atoms with Gasteiger partial charge in [0, 0.05) is 16.7 Å². The van der Waals surface area contributed by atoms with Gasteiger partial charge < -0.3 is 9.47 Å². The molecule has 5 nitrogen and oxygen atoms in total. The lowest BCUT2D eigenvalue weighted by atomic mass is 10.2. The fraction of sp³-hybridized carbons (Fsp3) is 0.176. The molecule has 0 N–H and O–H groups in total. The van der Waals surface area contributed by atoms with E-state index in [2.05, 4.69) is 15.9 Å². The summed E-state index contributed by atoms with van der Waals surface area (Å²) in [5.41, 5.74) is 1.48. The van der Waals surface area contributed by atoms with Crippen LogP contribution in [0.2, 0.25) is 5.02 Å². The van der Waals surface area contributed by atoms with Gasteiger partial charge in [-0.25, -0.2) is 0 Å². The molecule has 2 aromatic rings. The van der Waals surface area contributed by atoms with Crippen molar-refractivity contribution in [2.24, 2.45) is 0 Å². The van der Waals surface area contributed by atoms with Crippen molar-refractivity contribution in [1.29, 1.82) is 0 Å². The summed E-state index contributed by atoms with van der Waals surface area (Å²) in [6, 6.07) is 10.8. The summed E-state index contributed by atoms with van der Waals surface area (Å²) >= 11 is 9.56. The Labute approximate surface area is 153 Å². The minimum Gasteiger partial charge on any atom is -0.490 e. The molecule has 2 rings (SSSR count). The summed E-state index contributed by atoms with van der Waals surface area (Å²) < 4.78 is 12.1. The van der Waals surface area contributed by atoms with Crippen LogP contribution < -0.4 is 9.47 Å². The summed E-state index contributed by atoms with van der Waals surface area (Å²) in [5.74, 6) is 1.02. The van der Waals surface area contributed by atoms with Crippen LogP contribution in [0, 0.1) is 10.1 Å². The minimum absolute atomic E-state index is 0.280. The number of nitrogens with zero attached hydrogens (tertiary/aromatic N) is 1. The van der Waals surface area contributed by atoms with E-state index in [1.807, 2.05) is 25.1 Å². The Morgan fingerprint density at radius 3 is 2.71 bits per heavy atom. The normalized spacial score (nSPS) is 10.8. The zero-order valence-corrected chi connectivity index (χ0v) is 15.2. The zero-order valence-electron chi connectivity index (χ0n) is 12.9. The van der Waals surface area contributed by atoms with Gasteiger partial charge in [0.2, 0.25) is 6.20 Å². The van der Waals surface area contributed by atoms with Crippen molar-refractivity contribution in [2.75, 3.05) is 6.61 Å². The average Bonchev–Trinajstić information content (AvgIpc) is 2.54.